The molecule has 0 atom stereocenters. The second kappa shape index (κ2) is 13.1. The number of unbranched alkanes of at least 4 members (excludes halogenated alkanes) is 1. The van der Waals surface area contributed by atoms with Gasteiger partial charge in [-0.3, -0.25) is 0 Å². The Bertz CT molecular complexity index is 353. The van der Waals surface area contributed by atoms with Gasteiger partial charge in [0.15, 0.2) is 8.32 Å². The van der Waals surface area contributed by atoms with Gasteiger partial charge in [0.05, 0.1) is 13.2 Å². The molecular weight excluding hydrogens is 312 g/mol. The summed E-state index contributed by atoms with van der Waals surface area (Å²) >= 11 is 0. The monoisotopic (exact) mass is 342 g/mol. The zero-order valence-corrected chi connectivity index (χ0v) is 15.5. The van der Waals surface area contributed by atoms with E-state index >= 15 is 0 Å². The maximum atomic E-state index is 11.0. The molecule has 0 heterocycles. The van der Waals surface area contributed by atoms with Gasteiger partial charge in [-0.05, 0) is 37.9 Å². The number of hydrogen-bond donors (Lipinski definition) is 0. The standard InChI is InChI=1S/C17H30O5Si/c1-5-8-13-22-23(4,14-9-11-20-16(18)6-2)15-10-12-21-17(19)7-3/h6-7H,2-3,5,8-15H2,1,4H3. The molecular formula is C17H30O5Si. The van der Waals surface area contributed by atoms with Crippen molar-refractivity contribution in [2.45, 2.75) is 51.2 Å². The molecule has 132 valence electrons. The second-order valence-corrected chi connectivity index (χ2v) is 9.79. The van der Waals surface area contributed by atoms with Crippen LogP contribution in [0.15, 0.2) is 25.3 Å². The van der Waals surface area contributed by atoms with Crippen molar-refractivity contribution in [2.24, 2.45) is 0 Å². The molecule has 0 aromatic carbocycles. The van der Waals surface area contributed by atoms with Gasteiger partial charge in [0, 0.05) is 18.8 Å². The van der Waals surface area contributed by atoms with Crippen LogP contribution in [-0.4, -0.2) is 40.1 Å². The fraction of sp³-hybridized carbons (Fsp3) is 0.647. The van der Waals surface area contributed by atoms with Crippen molar-refractivity contribution in [1.29, 1.82) is 0 Å². The van der Waals surface area contributed by atoms with E-state index in [9.17, 15) is 9.59 Å². The number of ether oxygens (including phenoxy) is 2. The summed E-state index contributed by atoms with van der Waals surface area (Å²) in [4.78, 5) is 22.1. The molecule has 0 amide bonds. The van der Waals surface area contributed by atoms with Crippen molar-refractivity contribution in [3.8, 4) is 0 Å². The zero-order valence-electron chi connectivity index (χ0n) is 14.5. The molecule has 0 aromatic rings. The average molecular weight is 343 g/mol. The first-order chi connectivity index (χ1) is 11.0. The highest BCUT2D eigenvalue weighted by atomic mass is 28.4. The molecule has 0 aliphatic heterocycles. The summed E-state index contributed by atoms with van der Waals surface area (Å²) in [7, 11) is -1.89. The molecule has 23 heavy (non-hydrogen) atoms. The van der Waals surface area contributed by atoms with Crippen LogP contribution in [0.4, 0.5) is 0 Å². The van der Waals surface area contributed by atoms with Crippen LogP contribution < -0.4 is 0 Å². The SMILES string of the molecule is C=CC(=O)OCCC[Si](C)(CCCOC(=O)C=C)OCCCC. The third-order valence-electron chi connectivity index (χ3n) is 3.47. The van der Waals surface area contributed by atoms with E-state index in [4.69, 9.17) is 13.9 Å². The fourth-order valence-corrected chi connectivity index (χ4v) is 5.05. The molecule has 0 fully saturated rings. The lowest BCUT2D eigenvalue weighted by Crippen LogP contribution is -2.35. The quantitative estimate of drug-likeness (QED) is 0.209. The van der Waals surface area contributed by atoms with E-state index < -0.39 is 20.3 Å². The van der Waals surface area contributed by atoms with Crippen LogP contribution in [-0.2, 0) is 23.5 Å². The smallest absolute Gasteiger partial charge is 0.330 e. The Morgan fingerprint density at radius 3 is 1.78 bits per heavy atom. The van der Waals surface area contributed by atoms with Crippen molar-refractivity contribution in [3.05, 3.63) is 25.3 Å². The van der Waals surface area contributed by atoms with Crippen molar-refractivity contribution in [3.63, 3.8) is 0 Å². The summed E-state index contributed by atoms with van der Waals surface area (Å²) < 4.78 is 16.2. The Kier molecular flexibility index (Phi) is 12.3. The van der Waals surface area contributed by atoms with E-state index in [1.165, 1.54) is 12.2 Å². The first kappa shape index (κ1) is 21.6. The Balaban J connectivity index is 4.21. The van der Waals surface area contributed by atoms with Gasteiger partial charge in [-0.15, -0.1) is 0 Å². The molecule has 0 aromatic heterocycles. The first-order valence-electron chi connectivity index (χ1n) is 8.19. The lowest BCUT2D eigenvalue weighted by atomic mass is 10.4. The van der Waals surface area contributed by atoms with Crippen molar-refractivity contribution in [2.75, 3.05) is 19.8 Å². The van der Waals surface area contributed by atoms with Crippen LogP contribution in [0.25, 0.3) is 0 Å². The van der Waals surface area contributed by atoms with Crippen LogP contribution in [0, 0.1) is 0 Å². The molecule has 0 radical (unpaired) electrons. The van der Waals surface area contributed by atoms with Gasteiger partial charge >= 0.3 is 11.9 Å². The predicted octanol–water partition coefficient (Wildman–Crippen LogP) is 3.62. The minimum Gasteiger partial charge on any atom is -0.463 e. The Labute approximate surface area is 140 Å². The number of rotatable bonds is 14. The summed E-state index contributed by atoms with van der Waals surface area (Å²) in [5.74, 6) is -0.784. The molecule has 0 unspecified atom stereocenters. The highest BCUT2D eigenvalue weighted by Crippen LogP contribution is 2.22. The lowest BCUT2D eigenvalue weighted by Gasteiger charge is -2.27. The van der Waals surface area contributed by atoms with Gasteiger partial charge < -0.3 is 13.9 Å². The second-order valence-electron chi connectivity index (χ2n) is 5.60. The summed E-state index contributed by atoms with van der Waals surface area (Å²) in [6.45, 7) is 12.6. The van der Waals surface area contributed by atoms with Crippen molar-refractivity contribution in [1.82, 2.24) is 0 Å². The van der Waals surface area contributed by atoms with Crippen LogP contribution in [0.5, 0.6) is 0 Å². The molecule has 0 bridgehead atoms. The number of carbonyl (C=O) groups is 2. The topological polar surface area (TPSA) is 61.8 Å². The first-order valence-corrected chi connectivity index (χ1v) is 11.0. The number of hydrogen-bond acceptors (Lipinski definition) is 5. The molecule has 0 aliphatic carbocycles. The molecule has 0 aliphatic rings. The minimum absolute atomic E-state index is 0.385. The van der Waals surface area contributed by atoms with Gasteiger partial charge in [0.25, 0.3) is 0 Å². The molecule has 0 saturated heterocycles. The van der Waals surface area contributed by atoms with Crippen LogP contribution in [0.2, 0.25) is 18.6 Å². The van der Waals surface area contributed by atoms with E-state index in [0.29, 0.717) is 13.2 Å². The van der Waals surface area contributed by atoms with E-state index in [0.717, 1.165) is 44.4 Å². The highest BCUT2D eigenvalue weighted by Gasteiger charge is 2.28. The van der Waals surface area contributed by atoms with Crippen LogP contribution in [0.3, 0.4) is 0 Å². The number of esters is 2. The molecule has 5 nitrogen and oxygen atoms in total. The summed E-state index contributed by atoms with van der Waals surface area (Å²) in [5, 5.41) is 0. The summed E-state index contributed by atoms with van der Waals surface area (Å²) in [6, 6.07) is 1.83. The maximum absolute atomic E-state index is 11.0. The molecule has 0 saturated carbocycles. The van der Waals surface area contributed by atoms with Crippen LogP contribution >= 0.6 is 0 Å². The zero-order chi connectivity index (χ0) is 17.6. The fourth-order valence-electron chi connectivity index (χ4n) is 2.09. The maximum Gasteiger partial charge on any atom is 0.330 e. The van der Waals surface area contributed by atoms with Crippen LogP contribution in [0.1, 0.15) is 32.6 Å². The van der Waals surface area contributed by atoms with E-state index in [2.05, 4.69) is 26.6 Å². The summed E-state index contributed by atoms with van der Waals surface area (Å²) in [5.41, 5.74) is 0. The van der Waals surface area contributed by atoms with Gasteiger partial charge in [-0.1, -0.05) is 26.5 Å². The number of carbonyl (C=O) groups excluding carboxylic acids is 2. The van der Waals surface area contributed by atoms with Crippen molar-refractivity contribution >= 4 is 20.3 Å². The predicted molar refractivity (Wildman–Crippen MR) is 93.6 cm³/mol. The third kappa shape index (κ3) is 11.8. The minimum atomic E-state index is -1.89. The Morgan fingerprint density at radius 2 is 1.39 bits per heavy atom. The Morgan fingerprint density at radius 1 is 0.913 bits per heavy atom. The molecule has 6 heteroatoms. The van der Waals surface area contributed by atoms with E-state index in [1.54, 1.807) is 0 Å². The van der Waals surface area contributed by atoms with Gasteiger partial charge in [0.2, 0.25) is 0 Å². The van der Waals surface area contributed by atoms with Gasteiger partial charge in [0.1, 0.15) is 0 Å². The summed E-state index contributed by atoms with van der Waals surface area (Å²) in [6.07, 6.45) is 6.03. The third-order valence-corrected chi connectivity index (χ3v) is 7.19. The molecule has 0 N–H and O–H groups in total. The molecule has 0 spiro atoms. The van der Waals surface area contributed by atoms with Crippen molar-refractivity contribution < 1.29 is 23.5 Å². The average Bonchev–Trinajstić information content (AvgIpc) is 2.55. The highest BCUT2D eigenvalue weighted by molar-refractivity contribution is 6.72. The van der Waals surface area contributed by atoms with E-state index in [1.807, 2.05) is 0 Å². The molecule has 0 rings (SSSR count). The Hall–Kier alpha value is -1.40. The normalized spacial score (nSPS) is 10.9. The lowest BCUT2D eigenvalue weighted by molar-refractivity contribution is -0.138. The van der Waals surface area contributed by atoms with Gasteiger partial charge in [-0.25, -0.2) is 9.59 Å². The van der Waals surface area contributed by atoms with Gasteiger partial charge in [-0.2, -0.15) is 0 Å². The van der Waals surface area contributed by atoms with E-state index in [-0.39, 0.29) is 0 Å². The largest absolute Gasteiger partial charge is 0.463 e.